The Kier molecular flexibility index (Phi) is 3.85. The number of aryl methyl sites for hydroxylation is 2. The average Bonchev–Trinajstić information content (AvgIpc) is 3.04. The zero-order chi connectivity index (χ0) is 14.9. The van der Waals surface area contributed by atoms with Crippen molar-refractivity contribution in [1.82, 2.24) is 15.1 Å². The molecule has 0 saturated heterocycles. The summed E-state index contributed by atoms with van der Waals surface area (Å²) in [6.07, 6.45) is 7.91. The quantitative estimate of drug-likeness (QED) is 0.933. The third-order valence-corrected chi connectivity index (χ3v) is 4.02. The van der Waals surface area contributed by atoms with E-state index < -0.39 is 0 Å². The van der Waals surface area contributed by atoms with E-state index in [4.69, 9.17) is 0 Å². The second-order valence-electron chi connectivity index (χ2n) is 7.11. The van der Waals surface area contributed by atoms with E-state index in [9.17, 15) is 0 Å². The Labute approximate surface area is 127 Å². The first-order valence-electron chi connectivity index (χ1n) is 7.87. The first kappa shape index (κ1) is 14.3. The number of hydrogen-bond donors (Lipinski definition) is 1. The van der Waals surface area contributed by atoms with Gasteiger partial charge in [0.25, 0.3) is 0 Å². The van der Waals surface area contributed by atoms with Crippen molar-refractivity contribution in [1.29, 1.82) is 0 Å². The fourth-order valence-electron chi connectivity index (χ4n) is 2.86. The molecule has 1 aromatic carbocycles. The van der Waals surface area contributed by atoms with E-state index in [2.05, 4.69) is 55.6 Å². The van der Waals surface area contributed by atoms with Gasteiger partial charge in [0.05, 0.1) is 12.7 Å². The van der Waals surface area contributed by atoms with Crippen molar-refractivity contribution in [2.45, 2.75) is 58.7 Å². The molecule has 2 aromatic rings. The topological polar surface area (TPSA) is 29.9 Å². The third-order valence-electron chi connectivity index (χ3n) is 4.02. The third kappa shape index (κ3) is 3.73. The summed E-state index contributed by atoms with van der Waals surface area (Å²) in [5, 5.41) is 7.98. The lowest BCUT2D eigenvalue weighted by Crippen LogP contribution is -2.34. The number of hydrogen-bond acceptors (Lipinski definition) is 2. The molecule has 0 amide bonds. The number of nitrogens with zero attached hydrogens (tertiary/aromatic N) is 2. The van der Waals surface area contributed by atoms with Crippen molar-refractivity contribution in [3.05, 3.63) is 52.8 Å². The molecule has 112 valence electrons. The van der Waals surface area contributed by atoms with E-state index in [1.54, 1.807) is 0 Å². The maximum Gasteiger partial charge on any atom is 0.0659 e. The average molecular weight is 283 g/mol. The van der Waals surface area contributed by atoms with Gasteiger partial charge in [-0.2, -0.15) is 5.10 Å². The highest BCUT2D eigenvalue weighted by Crippen LogP contribution is 2.23. The Morgan fingerprint density at radius 1 is 1.14 bits per heavy atom. The van der Waals surface area contributed by atoms with Crippen LogP contribution in [-0.4, -0.2) is 15.3 Å². The second kappa shape index (κ2) is 5.64. The summed E-state index contributed by atoms with van der Waals surface area (Å²) in [4.78, 5) is 0. The van der Waals surface area contributed by atoms with Crippen molar-refractivity contribution >= 4 is 0 Å². The summed E-state index contributed by atoms with van der Waals surface area (Å²) in [7, 11) is 0. The van der Waals surface area contributed by atoms with Crippen molar-refractivity contribution in [2.75, 3.05) is 0 Å². The molecule has 0 spiro atoms. The molecule has 1 heterocycles. The van der Waals surface area contributed by atoms with Crippen molar-refractivity contribution in [2.24, 2.45) is 0 Å². The van der Waals surface area contributed by atoms with E-state index in [0.29, 0.717) is 0 Å². The van der Waals surface area contributed by atoms with Gasteiger partial charge < -0.3 is 5.32 Å². The maximum atomic E-state index is 4.48. The highest BCUT2D eigenvalue weighted by atomic mass is 15.3. The molecule has 1 N–H and O–H groups in total. The van der Waals surface area contributed by atoms with Crippen LogP contribution in [0.3, 0.4) is 0 Å². The summed E-state index contributed by atoms with van der Waals surface area (Å²) in [6.45, 7) is 8.28. The van der Waals surface area contributed by atoms with Crippen LogP contribution in [0.15, 0.2) is 30.6 Å². The van der Waals surface area contributed by atoms with Gasteiger partial charge in [0.15, 0.2) is 0 Å². The lowest BCUT2D eigenvalue weighted by atomic mass is 10.1. The standard InChI is InChI=1S/C18H25N3/c1-18(2,3)19-10-15-11-20-21(13-15)12-14-7-8-16-5-4-6-17(16)9-14/h7-9,11,13,19H,4-6,10,12H2,1-3H3. The lowest BCUT2D eigenvalue weighted by Gasteiger charge is -2.19. The monoisotopic (exact) mass is 283 g/mol. The Morgan fingerprint density at radius 3 is 2.76 bits per heavy atom. The predicted octanol–water partition coefficient (Wildman–Crippen LogP) is 3.31. The maximum absolute atomic E-state index is 4.48. The molecule has 3 nitrogen and oxygen atoms in total. The minimum Gasteiger partial charge on any atom is -0.308 e. The fraction of sp³-hybridized carbons (Fsp3) is 0.500. The SMILES string of the molecule is CC(C)(C)NCc1cnn(Cc2ccc3c(c2)CCC3)c1. The van der Waals surface area contributed by atoms with Gasteiger partial charge in [0, 0.05) is 23.8 Å². The van der Waals surface area contributed by atoms with Crippen LogP contribution in [0.25, 0.3) is 0 Å². The van der Waals surface area contributed by atoms with Crippen molar-refractivity contribution < 1.29 is 0 Å². The number of benzene rings is 1. The Morgan fingerprint density at radius 2 is 1.95 bits per heavy atom. The summed E-state index contributed by atoms with van der Waals surface area (Å²) < 4.78 is 2.04. The Hall–Kier alpha value is -1.61. The predicted molar refractivity (Wildman–Crippen MR) is 86.4 cm³/mol. The van der Waals surface area contributed by atoms with Gasteiger partial charge in [-0.1, -0.05) is 18.2 Å². The van der Waals surface area contributed by atoms with Gasteiger partial charge in [-0.15, -0.1) is 0 Å². The minimum atomic E-state index is 0.141. The van der Waals surface area contributed by atoms with Gasteiger partial charge in [0.1, 0.15) is 0 Å². The normalized spacial score (nSPS) is 14.4. The molecule has 3 heteroatoms. The number of aromatic nitrogens is 2. The van der Waals surface area contributed by atoms with Gasteiger partial charge in [-0.25, -0.2) is 0 Å². The van der Waals surface area contributed by atoms with Crippen LogP contribution in [0.5, 0.6) is 0 Å². The summed E-state index contributed by atoms with van der Waals surface area (Å²) in [5.74, 6) is 0. The summed E-state index contributed by atoms with van der Waals surface area (Å²) >= 11 is 0. The molecule has 0 saturated carbocycles. The molecule has 0 aliphatic heterocycles. The zero-order valence-electron chi connectivity index (χ0n) is 13.3. The van der Waals surface area contributed by atoms with Crippen LogP contribution in [0, 0.1) is 0 Å². The van der Waals surface area contributed by atoms with Crippen LogP contribution in [0.2, 0.25) is 0 Å². The van der Waals surface area contributed by atoms with Gasteiger partial charge in [-0.3, -0.25) is 4.68 Å². The lowest BCUT2D eigenvalue weighted by molar-refractivity contribution is 0.424. The van der Waals surface area contributed by atoms with Crippen LogP contribution in [0.1, 0.15) is 49.4 Å². The summed E-state index contributed by atoms with van der Waals surface area (Å²) in [6, 6.07) is 6.90. The van der Waals surface area contributed by atoms with Crippen LogP contribution < -0.4 is 5.32 Å². The molecule has 0 fully saturated rings. The van der Waals surface area contributed by atoms with Crippen LogP contribution in [-0.2, 0) is 25.9 Å². The molecule has 1 aliphatic carbocycles. The minimum absolute atomic E-state index is 0.141. The van der Waals surface area contributed by atoms with Crippen molar-refractivity contribution in [3.8, 4) is 0 Å². The molecular weight excluding hydrogens is 258 g/mol. The van der Waals surface area contributed by atoms with E-state index in [0.717, 1.165) is 13.1 Å². The molecule has 0 radical (unpaired) electrons. The number of fused-ring (bicyclic) bond motifs is 1. The Balaban J connectivity index is 1.64. The Bertz CT molecular complexity index is 620. The van der Waals surface area contributed by atoms with Gasteiger partial charge >= 0.3 is 0 Å². The molecule has 21 heavy (non-hydrogen) atoms. The molecule has 3 rings (SSSR count). The van der Waals surface area contributed by atoms with Crippen LogP contribution >= 0.6 is 0 Å². The first-order chi connectivity index (χ1) is 9.99. The molecule has 1 aromatic heterocycles. The van der Waals surface area contributed by atoms with Crippen LogP contribution in [0.4, 0.5) is 0 Å². The highest BCUT2D eigenvalue weighted by molar-refractivity contribution is 5.35. The fourth-order valence-corrected chi connectivity index (χ4v) is 2.86. The zero-order valence-corrected chi connectivity index (χ0v) is 13.3. The molecule has 0 bridgehead atoms. The number of nitrogens with one attached hydrogen (secondary N) is 1. The molecule has 0 atom stereocenters. The first-order valence-corrected chi connectivity index (χ1v) is 7.87. The molecule has 1 aliphatic rings. The summed E-state index contributed by atoms with van der Waals surface area (Å²) in [5.41, 5.74) is 5.81. The smallest absolute Gasteiger partial charge is 0.0659 e. The van der Waals surface area contributed by atoms with E-state index >= 15 is 0 Å². The number of rotatable bonds is 4. The second-order valence-corrected chi connectivity index (χ2v) is 7.11. The van der Waals surface area contributed by atoms with Crippen molar-refractivity contribution in [3.63, 3.8) is 0 Å². The van der Waals surface area contributed by atoms with E-state index in [1.807, 2.05) is 10.9 Å². The van der Waals surface area contributed by atoms with Gasteiger partial charge in [0.2, 0.25) is 0 Å². The molecular formula is C18H25N3. The highest BCUT2D eigenvalue weighted by Gasteiger charge is 2.12. The van der Waals surface area contributed by atoms with Gasteiger partial charge in [-0.05, 0) is 56.7 Å². The van der Waals surface area contributed by atoms with E-state index in [-0.39, 0.29) is 5.54 Å². The molecule has 0 unspecified atom stereocenters. The van der Waals surface area contributed by atoms with E-state index in [1.165, 1.54) is 41.5 Å². The largest absolute Gasteiger partial charge is 0.308 e.